The fourth-order valence-corrected chi connectivity index (χ4v) is 13.0. The number of carboxylic acid groups (broad SMARTS) is 1. The predicted molar refractivity (Wildman–Crippen MR) is 184 cm³/mol. The third-order valence-corrected chi connectivity index (χ3v) is 15.3. The van der Waals surface area contributed by atoms with Crippen LogP contribution in [0.4, 0.5) is 0 Å². The Bertz CT molecular complexity index is 1610. The van der Waals surface area contributed by atoms with E-state index in [1.807, 2.05) is 12.1 Å². The van der Waals surface area contributed by atoms with Gasteiger partial charge in [0.2, 0.25) is 5.91 Å². The minimum absolute atomic E-state index is 0.0105. The number of carbonyl (C=O) groups excluding carboxylic acids is 1. The maximum Gasteiger partial charge on any atom is 0.335 e. The molecule has 47 heavy (non-hydrogen) atoms. The number of nitrogens with zero attached hydrogens (tertiary/aromatic N) is 3. The number of benzene rings is 1. The van der Waals surface area contributed by atoms with Gasteiger partial charge in [0.15, 0.2) is 0 Å². The zero-order valence-corrected chi connectivity index (χ0v) is 29.3. The zero-order chi connectivity index (χ0) is 33.6. The van der Waals surface area contributed by atoms with Crippen molar-refractivity contribution in [1.29, 1.82) is 0 Å². The smallest absolute Gasteiger partial charge is 0.335 e. The molecule has 7 nitrogen and oxygen atoms in total. The molecule has 0 radical (unpaired) electrons. The first kappa shape index (κ1) is 32.3. The van der Waals surface area contributed by atoms with Gasteiger partial charge in [0, 0.05) is 11.7 Å². The number of amides is 1. The lowest BCUT2D eigenvalue weighted by Crippen LogP contribution is -2.68. The van der Waals surface area contributed by atoms with Gasteiger partial charge in [-0.3, -0.25) is 4.79 Å². The standard InChI is InChI=1S/C40H54N4O3/c1-25(2)28-14-19-40(42-33(45)24-44-23-22-41-43-44)21-20-38(6)30(34(28)40)12-13-32-37(5)17-15-29(26-8-10-27(11-9-26)35(46)47)36(3,4)31(37)16-18-39(32,38)7/h8-11,15,22-23,28,30-32,34H,1,12-14,16-21,24H2,2-7H3,(H,42,45)(H,46,47)/t28-,30+,31-,32+,34+,37-,38+,39+,40-/m0/s1. The Morgan fingerprint density at radius 3 is 2.36 bits per heavy atom. The molecule has 252 valence electrons. The number of carboxylic acids is 1. The highest BCUT2D eigenvalue weighted by molar-refractivity contribution is 5.88. The molecule has 0 spiro atoms. The predicted octanol–water partition coefficient (Wildman–Crippen LogP) is 8.20. The molecule has 5 aliphatic carbocycles. The molecule has 5 aliphatic rings. The lowest BCUT2D eigenvalue weighted by atomic mass is 9.33. The summed E-state index contributed by atoms with van der Waals surface area (Å²) in [5, 5.41) is 21.1. The average Bonchev–Trinajstić information content (AvgIpc) is 3.65. The number of hydrogen-bond donors (Lipinski definition) is 2. The van der Waals surface area contributed by atoms with Gasteiger partial charge < -0.3 is 10.4 Å². The van der Waals surface area contributed by atoms with Gasteiger partial charge in [-0.05, 0) is 139 Å². The number of carbonyl (C=O) groups is 2. The van der Waals surface area contributed by atoms with Gasteiger partial charge in [-0.2, -0.15) is 0 Å². The van der Waals surface area contributed by atoms with Crippen LogP contribution in [0.3, 0.4) is 0 Å². The van der Waals surface area contributed by atoms with Gasteiger partial charge in [-0.15, -0.1) is 5.10 Å². The molecule has 0 unspecified atom stereocenters. The zero-order valence-electron chi connectivity index (χ0n) is 29.3. The van der Waals surface area contributed by atoms with E-state index in [-0.39, 0.29) is 39.7 Å². The summed E-state index contributed by atoms with van der Waals surface area (Å²) in [4.78, 5) is 25.0. The molecule has 1 aromatic carbocycles. The van der Waals surface area contributed by atoms with Crippen LogP contribution in [-0.4, -0.2) is 37.5 Å². The Hall–Kier alpha value is -3.22. The van der Waals surface area contributed by atoms with Crippen LogP contribution in [0, 0.1) is 51.2 Å². The van der Waals surface area contributed by atoms with Gasteiger partial charge in [-0.25, -0.2) is 9.48 Å². The molecule has 7 heteroatoms. The number of fused-ring (bicyclic) bond motifs is 7. The fourth-order valence-electron chi connectivity index (χ4n) is 13.0. The summed E-state index contributed by atoms with van der Waals surface area (Å²) in [6.45, 7) is 19.7. The van der Waals surface area contributed by atoms with Gasteiger partial charge in [0.25, 0.3) is 0 Å². The number of allylic oxidation sites excluding steroid dienone is 3. The van der Waals surface area contributed by atoms with Crippen molar-refractivity contribution in [2.45, 2.75) is 111 Å². The number of rotatable bonds is 6. The molecule has 7 rings (SSSR count). The molecule has 0 aliphatic heterocycles. The van der Waals surface area contributed by atoms with Crippen molar-refractivity contribution in [3.63, 3.8) is 0 Å². The Labute approximate surface area is 280 Å². The molecule has 9 atom stereocenters. The number of aromatic carboxylic acids is 1. The van der Waals surface area contributed by atoms with Crippen LogP contribution >= 0.6 is 0 Å². The van der Waals surface area contributed by atoms with Crippen LogP contribution in [-0.2, 0) is 11.3 Å². The lowest BCUT2D eigenvalue weighted by molar-refractivity contribution is -0.219. The quantitative estimate of drug-likeness (QED) is 0.311. The van der Waals surface area contributed by atoms with E-state index in [1.54, 1.807) is 29.2 Å². The Kier molecular flexibility index (Phi) is 7.50. The topological polar surface area (TPSA) is 97.1 Å². The lowest BCUT2D eigenvalue weighted by Gasteiger charge is -2.72. The number of nitrogens with one attached hydrogen (secondary N) is 1. The highest BCUT2D eigenvalue weighted by Gasteiger charge is 2.70. The van der Waals surface area contributed by atoms with E-state index in [0.29, 0.717) is 35.2 Å². The summed E-state index contributed by atoms with van der Waals surface area (Å²) < 4.78 is 1.63. The van der Waals surface area contributed by atoms with E-state index < -0.39 is 5.97 Å². The minimum atomic E-state index is -0.877. The average molecular weight is 639 g/mol. The number of aromatic nitrogens is 3. The summed E-state index contributed by atoms with van der Waals surface area (Å²) >= 11 is 0. The van der Waals surface area contributed by atoms with E-state index in [0.717, 1.165) is 37.7 Å². The van der Waals surface area contributed by atoms with Crippen molar-refractivity contribution in [1.82, 2.24) is 20.3 Å². The second-order valence-corrected chi connectivity index (χ2v) is 17.4. The van der Waals surface area contributed by atoms with Gasteiger partial charge >= 0.3 is 5.97 Å². The van der Waals surface area contributed by atoms with E-state index in [4.69, 9.17) is 0 Å². The third-order valence-electron chi connectivity index (χ3n) is 15.3. The van der Waals surface area contributed by atoms with Gasteiger partial charge in [0.1, 0.15) is 6.54 Å². The van der Waals surface area contributed by atoms with E-state index in [2.05, 4.69) is 69.8 Å². The molecular formula is C40H54N4O3. The van der Waals surface area contributed by atoms with E-state index >= 15 is 0 Å². The van der Waals surface area contributed by atoms with Crippen LogP contribution in [0.1, 0.15) is 115 Å². The van der Waals surface area contributed by atoms with Crippen LogP contribution in [0.25, 0.3) is 5.57 Å². The van der Waals surface area contributed by atoms with Crippen molar-refractivity contribution in [2.24, 2.45) is 51.2 Å². The molecule has 4 saturated carbocycles. The molecule has 4 fully saturated rings. The molecule has 2 aromatic rings. The minimum Gasteiger partial charge on any atom is -0.478 e. The SMILES string of the molecule is C=C(C)[C@@H]1CC[C@]2(NC(=O)Cn3ccnn3)CC[C@]3(C)[C@H](CC[C@@H]4[C@@]5(C)CC=C(c6ccc(C(=O)O)cc6)C(C)(C)[C@@H]5CC[C@]43C)[C@@H]12. The highest BCUT2D eigenvalue weighted by atomic mass is 16.4. The van der Waals surface area contributed by atoms with Crippen molar-refractivity contribution < 1.29 is 14.7 Å². The Balaban J connectivity index is 1.20. The summed E-state index contributed by atoms with van der Waals surface area (Å²) in [6, 6.07) is 7.53. The van der Waals surface area contributed by atoms with Gasteiger partial charge in [-0.1, -0.05) is 70.2 Å². The fraction of sp³-hybridized carbons (Fsp3) is 0.650. The Morgan fingerprint density at radius 2 is 1.70 bits per heavy atom. The van der Waals surface area contributed by atoms with Crippen molar-refractivity contribution in [2.75, 3.05) is 0 Å². The van der Waals surface area contributed by atoms with Crippen LogP contribution in [0.5, 0.6) is 0 Å². The normalized spacial score (nSPS) is 40.2. The molecular weight excluding hydrogens is 584 g/mol. The second-order valence-electron chi connectivity index (χ2n) is 17.4. The van der Waals surface area contributed by atoms with Crippen molar-refractivity contribution in [3.05, 3.63) is 66.0 Å². The summed E-state index contributed by atoms with van der Waals surface area (Å²) in [6.07, 6.45) is 16.2. The maximum atomic E-state index is 13.5. The Morgan fingerprint density at radius 1 is 0.957 bits per heavy atom. The van der Waals surface area contributed by atoms with Crippen molar-refractivity contribution >= 4 is 17.4 Å². The van der Waals surface area contributed by atoms with E-state index in [9.17, 15) is 14.7 Å². The monoisotopic (exact) mass is 638 g/mol. The van der Waals surface area contributed by atoms with Crippen LogP contribution in [0.15, 0.2) is 54.9 Å². The molecule has 1 heterocycles. The van der Waals surface area contributed by atoms with Crippen LogP contribution < -0.4 is 5.32 Å². The molecule has 2 N–H and O–H groups in total. The first-order valence-electron chi connectivity index (χ1n) is 18.0. The molecule has 1 aromatic heterocycles. The molecule has 0 bridgehead atoms. The first-order chi connectivity index (χ1) is 22.2. The second kappa shape index (κ2) is 10.9. The molecule has 0 saturated heterocycles. The summed E-state index contributed by atoms with van der Waals surface area (Å²) in [5.41, 5.74) is 4.55. The maximum absolute atomic E-state index is 13.5. The molecule has 1 amide bonds. The van der Waals surface area contributed by atoms with Crippen molar-refractivity contribution in [3.8, 4) is 0 Å². The summed E-state index contributed by atoms with van der Waals surface area (Å²) in [7, 11) is 0. The largest absolute Gasteiger partial charge is 0.478 e. The highest BCUT2D eigenvalue weighted by Crippen LogP contribution is 2.76. The van der Waals surface area contributed by atoms with Crippen LogP contribution in [0.2, 0.25) is 0 Å². The third kappa shape index (κ3) is 4.64. The van der Waals surface area contributed by atoms with E-state index in [1.165, 1.54) is 36.8 Å². The van der Waals surface area contributed by atoms with Gasteiger partial charge in [0.05, 0.1) is 11.8 Å². The number of hydrogen-bond acceptors (Lipinski definition) is 4. The summed E-state index contributed by atoms with van der Waals surface area (Å²) in [5.74, 6) is 1.74. The first-order valence-corrected chi connectivity index (χ1v) is 18.0.